The third-order valence-electron chi connectivity index (χ3n) is 4.98. The van der Waals surface area contributed by atoms with Gasteiger partial charge in [0, 0.05) is 43.1 Å². The van der Waals surface area contributed by atoms with Crippen molar-refractivity contribution < 1.29 is 9.21 Å². The molecule has 1 aromatic heterocycles. The molecule has 0 spiro atoms. The van der Waals surface area contributed by atoms with Crippen LogP contribution in [0.15, 0.2) is 16.7 Å². The molecule has 0 saturated carbocycles. The van der Waals surface area contributed by atoms with Gasteiger partial charge in [0.05, 0.1) is 6.26 Å². The molecule has 1 aliphatic heterocycles. The predicted octanol–water partition coefficient (Wildman–Crippen LogP) is 3.14. The van der Waals surface area contributed by atoms with E-state index in [1.807, 2.05) is 25.0 Å². The molecular formula is C18H28N2O2. The average molecular weight is 304 g/mol. The number of carbonyl (C=O) groups excluding carboxylic acids is 1. The van der Waals surface area contributed by atoms with Gasteiger partial charge in [-0.15, -0.1) is 0 Å². The predicted molar refractivity (Wildman–Crippen MR) is 86.5 cm³/mol. The molecule has 1 aliphatic carbocycles. The van der Waals surface area contributed by atoms with E-state index >= 15 is 0 Å². The molecule has 3 rings (SSSR count). The van der Waals surface area contributed by atoms with Gasteiger partial charge in [0.25, 0.3) is 0 Å². The molecule has 0 unspecified atom stereocenters. The van der Waals surface area contributed by atoms with Gasteiger partial charge in [-0.05, 0) is 24.3 Å². The molecule has 4 nitrogen and oxygen atoms in total. The van der Waals surface area contributed by atoms with Crippen molar-refractivity contribution in [2.45, 2.75) is 59.0 Å². The van der Waals surface area contributed by atoms with Crippen molar-refractivity contribution in [3.63, 3.8) is 0 Å². The summed E-state index contributed by atoms with van der Waals surface area (Å²) in [5, 5.41) is 3.79. The number of likely N-dealkylation sites (tertiary alicyclic amines) is 1. The van der Waals surface area contributed by atoms with Gasteiger partial charge in [-0.2, -0.15) is 0 Å². The number of carbonyl (C=O) groups is 1. The maximum absolute atomic E-state index is 12.1. The van der Waals surface area contributed by atoms with Crippen LogP contribution in [0.3, 0.4) is 0 Å². The quantitative estimate of drug-likeness (QED) is 0.933. The maximum Gasteiger partial charge on any atom is 0.225 e. The first kappa shape index (κ1) is 15.6. The van der Waals surface area contributed by atoms with E-state index in [0.29, 0.717) is 12.1 Å². The molecule has 1 aromatic rings. The minimum atomic E-state index is 0.0906. The Morgan fingerprint density at radius 3 is 2.95 bits per heavy atom. The molecule has 1 N–H and O–H groups in total. The fourth-order valence-electron chi connectivity index (χ4n) is 3.87. The monoisotopic (exact) mass is 304 g/mol. The summed E-state index contributed by atoms with van der Waals surface area (Å²) in [7, 11) is 0. The largest absolute Gasteiger partial charge is 0.469 e. The molecule has 22 heavy (non-hydrogen) atoms. The molecule has 2 aliphatic rings. The second kappa shape index (κ2) is 5.73. The van der Waals surface area contributed by atoms with Crippen LogP contribution in [0.25, 0.3) is 0 Å². The third-order valence-corrected chi connectivity index (χ3v) is 4.98. The number of fused-ring (bicyclic) bond motifs is 1. The Kier molecular flexibility index (Phi) is 4.06. The summed E-state index contributed by atoms with van der Waals surface area (Å²) in [6.07, 6.45) is 4.98. The van der Waals surface area contributed by atoms with Gasteiger partial charge < -0.3 is 14.6 Å². The van der Waals surface area contributed by atoms with Crippen molar-refractivity contribution in [2.24, 2.45) is 11.3 Å². The summed E-state index contributed by atoms with van der Waals surface area (Å²) < 4.78 is 5.67. The number of nitrogens with one attached hydrogen (secondary N) is 1. The van der Waals surface area contributed by atoms with Gasteiger partial charge in [-0.1, -0.05) is 27.7 Å². The minimum absolute atomic E-state index is 0.0906. The molecule has 122 valence electrons. The first-order chi connectivity index (χ1) is 10.4. The van der Waals surface area contributed by atoms with E-state index in [2.05, 4.69) is 25.2 Å². The summed E-state index contributed by atoms with van der Waals surface area (Å²) >= 11 is 0. The molecule has 1 saturated heterocycles. The van der Waals surface area contributed by atoms with Crippen LogP contribution in [0.5, 0.6) is 0 Å². The van der Waals surface area contributed by atoms with E-state index in [9.17, 15) is 4.79 Å². The SMILES string of the molecule is CC(C)C(=O)N1CC[C@@H](N[C@@H]2CC(C)(C)Cc3occc32)C1. The number of rotatable bonds is 3. The maximum atomic E-state index is 12.1. The Hall–Kier alpha value is -1.29. The summed E-state index contributed by atoms with van der Waals surface area (Å²) in [6, 6.07) is 2.84. The van der Waals surface area contributed by atoms with Crippen LogP contribution in [0.1, 0.15) is 57.9 Å². The second-order valence-electron chi connectivity index (χ2n) is 7.99. The topological polar surface area (TPSA) is 45.5 Å². The number of nitrogens with zero attached hydrogens (tertiary/aromatic N) is 1. The smallest absolute Gasteiger partial charge is 0.225 e. The summed E-state index contributed by atoms with van der Waals surface area (Å²) in [5.74, 6) is 1.49. The summed E-state index contributed by atoms with van der Waals surface area (Å²) in [4.78, 5) is 14.1. The highest BCUT2D eigenvalue weighted by atomic mass is 16.3. The first-order valence-corrected chi connectivity index (χ1v) is 8.47. The van der Waals surface area contributed by atoms with E-state index in [0.717, 1.165) is 38.1 Å². The third kappa shape index (κ3) is 3.07. The minimum Gasteiger partial charge on any atom is -0.469 e. The van der Waals surface area contributed by atoms with Gasteiger partial charge in [0.1, 0.15) is 5.76 Å². The zero-order valence-electron chi connectivity index (χ0n) is 14.2. The zero-order valence-corrected chi connectivity index (χ0v) is 14.2. The average Bonchev–Trinajstić information content (AvgIpc) is 3.05. The van der Waals surface area contributed by atoms with Gasteiger partial charge in [-0.3, -0.25) is 4.79 Å². The number of furan rings is 1. The van der Waals surface area contributed by atoms with E-state index in [1.165, 1.54) is 5.56 Å². The van der Waals surface area contributed by atoms with Crippen molar-refractivity contribution >= 4 is 5.91 Å². The normalized spacial score (nSPS) is 27.2. The Balaban J connectivity index is 1.66. The van der Waals surface area contributed by atoms with Gasteiger partial charge in [0.15, 0.2) is 0 Å². The first-order valence-electron chi connectivity index (χ1n) is 8.47. The van der Waals surface area contributed by atoms with E-state index < -0.39 is 0 Å². The molecule has 0 bridgehead atoms. The van der Waals surface area contributed by atoms with Crippen LogP contribution >= 0.6 is 0 Å². The Bertz CT molecular complexity index is 547. The lowest BCUT2D eigenvalue weighted by molar-refractivity contribution is -0.133. The van der Waals surface area contributed by atoms with Crippen LogP contribution in [0, 0.1) is 11.3 Å². The Morgan fingerprint density at radius 2 is 2.23 bits per heavy atom. The molecule has 2 atom stereocenters. The lowest BCUT2D eigenvalue weighted by Gasteiger charge is -2.36. The zero-order chi connectivity index (χ0) is 15.9. The molecule has 2 heterocycles. The molecule has 0 radical (unpaired) electrons. The van der Waals surface area contributed by atoms with Crippen molar-refractivity contribution in [1.82, 2.24) is 10.2 Å². The van der Waals surface area contributed by atoms with Crippen LogP contribution in [-0.2, 0) is 11.2 Å². The molecular weight excluding hydrogens is 276 g/mol. The summed E-state index contributed by atoms with van der Waals surface area (Å²) in [5.41, 5.74) is 1.57. The van der Waals surface area contributed by atoms with Crippen molar-refractivity contribution in [2.75, 3.05) is 13.1 Å². The van der Waals surface area contributed by atoms with Crippen LogP contribution in [0.4, 0.5) is 0 Å². The van der Waals surface area contributed by atoms with Crippen LogP contribution in [-0.4, -0.2) is 29.9 Å². The van der Waals surface area contributed by atoms with Crippen molar-refractivity contribution in [3.05, 3.63) is 23.7 Å². The van der Waals surface area contributed by atoms with Gasteiger partial charge in [-0.25, -0.2) is 0 Å². The van der Waals surface area contributed by atoms with Crippen LogP contribution < -0.4 is 5.32 Å². The highest BCUT2D eigenvalue weighted by Gasteiger charge is 2.36. The van der Waals surface area contributed by atoms with Gasteiger partial charge >= 0.3 is 0 Å². The van der Waals surface area contributed by atoms with E-state index in [1.54, 1.807) is 0 Å². The fourth-order valence-corrected chi connectivity index (χ4v) is 3.87. The molecule has 4 heteroatoms. The van der Waals surface area contributed by atoms with Crippen molar-refractivity contribution in [1.29, 1.82) is 0 Å². The van der Waals surface area contributed by atoms with Gasteiger partial charge in [0.2, 0.25) is 5.91 Å². The lowest BCUT2D eigenvalue weighted by Crippen LogP contribution is -2.41. The Morgan fingerprint density at radius 1 is 1.45 bits per heavy atom. The number of amides is 1. The summed E-state index contributed by atoms with van der Waals surface area (Å²) in [6.45, 7) is 10.3. The highest BCUT2D eigenvalue weighted by molar-refractivity contribution is 5.78. The standard InChI is InChI=1S/C18H28N2O2/c1-12(2)17(21)20-7-5-13(11-20)19-15-9-18(3,4)10-16-14(15)6-8-22-16/h6,8,12-13,15,19H,5,7,9-11H2,1-4H3/t13-,15-/m1/s1. The Labute approximate surface area is 133 Å². The van der Waals surface area contributed by atoms with Crippen LogP contribution in [0.2, 0.25) is 0 Å². The second-order valence-corrected chi connectivity index (χ2v) is 7.99. The molecule has 0 aromatic carbocycles. The van der Waals surface area contributed by atoms with E-state index in [4.69, 9.17) is 4.42 Å². The fraction of sp³-hybridized carbons (Fsp3) is 0.722. The molecule has 1 fully saturated rings. The molecule has 1 amide bonds. The number of hydrogen-bond donors (Lipinski definition) is 1. The highest BCUT2D eigenvalue weighted by Crippen LogP contribution is 2.41. The number of hydrogen-bond acceptors (Lipinski definition) is 3. The van der Waals surface area contributed by atoms with E-state index in [-0.39, 0.29) is 17.2 Å². The van der Waals surface area contributed by atoms with Crippen molar-refractivity contribution in [3.8, 4) is 0 Å². The lowest BCUT2D eigenvalue weighted by atomic mass is 9.74.